The number of hydrogen-bond donors (Lipinski definition) is 0. The van der Waals surface area contributed by atoms with Gasteiger partial charge in [0.1, 0.15) is 16.2 Å². The molecule has 2 atom stereocenters. The number of rotatable bonds is 3. The molecule has 25 heavy (non-hydrogen) atoms. The van der Waals surface area contributed by atoms with Gasteiger partial charge in [-0.15, -0.1) is 11.3 Å². The van der Waals surface area contributed by atoms with Gasteiger partial charge >= 0.3 is 0 Å². The first-order valence-electron chi connectivity index (χ1n) is 9.31. The molecule has 2 aromatic rings. The fourth-order valence-corrected chi connectivity index (χ4v) is 6.36. The molecule has 4 rings (SSSR count). The normalized spacial score (nSPS) is 23.7. The maximum Gasteiger partial charge on any atom is 0.233 e. The molecule has 1 aliphatic carbocycles. The lowest BCUT2D eigenvalue weighted by Crippen LogP contribution is -2.42. The molecule has 1 amide bonds. The van der Waals surface area contributed by atoms with Gasteiger partial charge in [-0.3, -0.25) is 4.79 Å². The molecule has 0 saturated carbocycles. The number of hydrogen-bond acceptors (Lipinski definition) is 5. The Labute approximate surface area is 157 Å². The zero-order chi connectivity index (χ0) is 17.4. The van der Waals surface area contributed by atoms with Crippen LogP contribution in [0.3, 0.4) is 0 Å². The van der Waals surface area contributed by atoms with Crippen molar-refractivity contribution in [2.24, 2.45) is 5.92 Å². The van der Waals surface area contributed by atoms with E-state index >= 15 is 0 Å². The predicted molar refractivity (Wildman–Crippen MR) is 104 cm³/mol. The van der Waals surface area contributed by atoms with Gasteiger partial charge in [0.05, 0.1) is 5.75 Å². The summed E-state index contributed by atoms with van der Waals surface area (Å²) in [5, 5.41) is 2.22. The molecule has 1 fully saturated rings. The number of nitrogens with zero attached hydrogens (tertiary/aromatic N) is 3. The highest BCUT2D eigenvalue weighted by atomic mass is 32.2. The van der Waals surface area contributed by atoms with Crippen LogP contribution in [0.5, 0.6) is 0 Å². The Kier molecular flexibility index (Phi) is 5.00. The van der Waals surface area contributed by atoms with Gasteiger partial charge in [0.25, 0.3) is 0 Å². The number of piperidine rings is 1. The topological polar surface area (TPSA) is 46.1 Å². The molecule has 0 unspecified atom stereocenters. The number of carbonyl (C=O) groups is 1. The summed E-state index contributed by atoms with van der Waals surface area (Å²) in [6, 6.07) is 0.377. The second kappa shape index (κ2) is 7.23. The van der Waals surface area contributed by atoms with Crippen molar-refractivity contribution < 1.29 is 4.79 Å². The predicted octanol–water partition coefficient (Wildman–Crippen LogP) is 4.31. The van der Waals surface area contributed by atoms with Crippen LogP contribution in [-0.4, -0.2) is 39.1 Å². The van der Waals surface area contributed by atoms with Crippen LogP contribution in [-0.2, 0) is 17.6 Å². The third-order valence-corrected chi connectivity index (χ3v) is 7.65. The summed E-state index contributed by atoms with van der Waals surface area (Å²) in [5.74, 6) is 1.49. The van der Waals surface area contributed by atoms with Gasteiger partial charge in [-0.2, -0.15) is 0 Å². The highest BCUT2D eigenvalue weighted by Gasteiger charge is 2.25. The Morgan fingerprint density at radius 2 is 2.20 bits per heavy atom. The molecular weight excluding hydrogens is 350 g/mol. The first-order valence-corrected chi connectivity index (χ1v) is 11.1. The molecule has 1 aliphatic heterocycles. The molecule has 2 aromatic heterocycles. The largest absolute Gasteiger partial charge is 0.339 e. The number of carbonyl (C=O) groups excluding carboxylic acids is 1. The zero-order valence-electron chi connectivity index (χ0n) is 15.0. The zero-order valence-corrected chi connectivity index (χ0v) is 16.6. The van der Waals surface area contributed by atoms with Gasteiger partial charge in [-0.1, -0.05) is 18.7 Å². The minimum Gasteiger partial charge on any atom is -0.339 e. The summed E-state index contributed by atoms with van der Waals surface area (Å²) in [5.41, 5.74) is 1.44. The van der Waals surface area contributed by atoms with Gasteiger partial charge in [0, 0.05) is 22.8 Å². The summed E-state index contributed by atoms with van der Waals surface area (Å²) < 4.78 is 0. The average molecular weight is 376 g/mol. The third-order valence-electron chi connectivity index (χ3n) is 5.51. The van der Waals surface area contributed by atoms with E-state index in [2.05, 4.69) is 28.7 Å². The highest BCUT2D eigenvalue weighted by molar-refractivity contribution is 8.00. The molecule has 6 heteroatoms. The lowest BCUT2D eigenvalue weighted by Gasteiger charge is -2.33. The van der Waals surface area contributed by atoms with Crippen molar-refractivity contribution in [2.75, 3.05) is 12.3 Å². The van der Waals surface area contributed by atoms with Crippen LogP contribution in [0.25, 0.3) is 10.2 Å². The van der Waals surface area contributed by atoms with Crippen LogP contribution in [0.2, 0.25) is 0 Å². The summed E-state index contributed by atoms with van der Waals surface area (Å²) in [4.78, 5) is 26.3. The van der Waals surface area contributed by atoms with Gasteiger partial charge in [0.2, 0.25) is 5.91 Å². The quantitative estimate of drug-likeness (QED) is 0.592. The minimum atomic E-state index is 0.252. The van der Waals surface area contributed by atoms with Crippen LogP contribution in [0.15, 0.2) is 11.4 Å². The van der Waals surface area contributed by atoms with Gasteiger partial charge in [0.15, 0.2) is 0 Å². The van der Waals surface area contributed by atoms with E-state index in [0.29, 0.717) is 11.8 Å². The molecule has 0 bridgehead atoms. The van der Waals surface area contributed by atoms with Crippen molar-refractivity contribution in [2.45, 2.75) is 63.4 Å². The molecule has 0 radical (unpaired) electrons. The second-order valence-corrected chi connectivity index (χ2v) is 9.48. The lowest BCUT2D eigenvalue weighted by atomic mass is 9.89. The monoisotopic (exact) mass is 375 g/mol. The van der Waals surface area contributed by atoms with Crippen molar-refractivity contribution in [1.82, 2.24) is 14.9 Å². The molecular formula is C19H25N3OS2. The van der Waals surface area contributed by atoms with Crippen molar-refractivity contribution in [1.29, 1.82) is 0 Å². The number of amides is 1. The van der Waals surface area contributed by atoms with Crippen molar-refractivity contribution in [3.05, 3.63) is 16.8 Å². The maximum atomic E-state index is 12.7. The number of thioether (sulfide) groups is 1. The third kappa shape index (κ3) is 3.43. The number of likely N-dealkylation sites (tertiary alicyclic amines) is 1. The molecule has 2 aliphatic rings. The SMILES string of the molecule is C[C@H]1CCc2c(sc3ncnc(SCC(=O)N4CCCC[C@H]4C)c23)C1. The lowest BCUT2D eigenvalue weighted by molar-refractivity contribution is -0.131. The van der Waals surface area contributed by atoms with Gasteiger partial charge in [-0.25, -0.2) is 9.97 Å². The van der Waals surface area contributed by atoms with Crippen LogP contribution in [0.1, 0.15) is 50.0 Å². The van der Waals surface area contributed by atoms with E-state index in [1.54, 1.807) is 18.1 Å². The molecule has 0 N–H and O–H groups in total. The summed E-state index contributed by atoms with van der Waals surface area (Å²) in [7, 11) is 0. The van der Waals surface area contributed by atoms with E-state index in [1.807, 2.05) is 11.3 Å². The van der Waals surface area contributed by atoms with Crippen LogP contribution in [0, 0.1) is 5.92 Å². The summed E-state index contributed by atoms with van der Waals surface area (Å²) >= 11 is 3.42. The summed E-state index contributed by atoms with van der Waals surface area (Å²) in [6.07, 6.45) is 8.68. The smallest absolute Gasteiger partial charge is 0.233 e. The minimum absolute atomic E-state index is 0.252. The highest BCUT2D eigenvalue weighted by Crippen LogP contribution is 2.40. The van der Waals surface area contributed by atoms with Crippen molar-refractivity contribution >= 4 is 39.2 Å². The first kappa shape index (κ1) is 17.3. The number of aryl methyl sites for hydroxylation is 1. The van der Waals surface area contributed by atoms with E-state index in [9.17, 15) is 4.79 Å². The Bertz CT molecular complexity index is 788. The number of aromatic nitrogens is 2. The van der Waals surface area contributed by atoms with Crippen molar-refractivity contribution in [3.8, 4) is 0 Å². The standard InChI is InChI=1S/C19H25N3OS2/c1-12-6-7-14-15(9-12)25-19-17(14)18(20-11-21-19)24-10-16(23)22-8-4-3-5-13(22)2/h11-13H,3-10H2,1-2H3/t12-,13+/m0/s1. The maximum absolute atomic E-state index is 12.7. The number of fused-ring (bicyclic) bond motifs is 3. The molecule has 134 valence electrons. The second-order valence-electron chi connectivity index (χ2n) is 7.43. The fraction of sp³-hybridized carbons (Fsp3) is 0.632. The first-order chi connectivity index (χ1) is 12.1. The van der Waals surface area contributed by atoms with Gasteiger partial charge < -0.3 is 4.90 Å². The van der Waals surface area contributed by atoms with Crippen LogP contribution < -0.4 is 0 Å². The fourth-order valence-electron chi connectivity index (χ4n) is 4.04. The van der Waals surface area contributed by atoms with E-state index < -0.39 is 0 Å². The van der Waals surface area contributed by atoms with E-state index in [0.717, 1.165) is 48.0 Å². The van der Waals surface area contributed by atoms with E-state index in [1.165, 1.54) is 28.7 Å². The molecule has 3 heterocycles. The van der Waals surface area contributed by atoms with Crippen LogP contribution in [0.4, 0.5) is 0 Å². The molecule has 0 aromatic carbocycles. The van der Waals surface area contributed by atoms with E-state index in [4.69, 9.17) is 0 Å². The van der Waals surface area contributed by atoms with E-state index in [-0.39, 0.29) is 5.91 Å². The number of thiophene rings is 1. The average Bonchev–Trinajstić information content (AvgIpc) is 2.98. The van der Waals surface area contributed by atoms with Crippen LogP contribution >= 0.6 is 23.1 Å². The van der Waals surface area contributed by atoms with Gasteiger partial charge in [-0.05, 0) is 56.9 Å². The Balaban J connectivity index is 1.54. The van der Waals surface area contributed by atoms with Crippen molar-refractivity contribution in [3.63, 3.8) is 0 Å². The Hall–Kier alpha value is -1.14. The molecule has 4 nitrogen and oxygen atoms in total. The molecule has 0 spiro atoms. The Morgan fingerprint density at radius 3 is 3.04 bits per heavy atom. The molecule has 1 saturated heterocycles. The Morgan fingerprint density at radius 1 is 1.32 bits per heavy atom. The summed E-state index contributed by atoms with van der Waals surface area (Å²) in [6.45, 7) is 5.40.